The number of anilines is 1. The Balaban J connectivity index is 1.56. The Morgan fingerprint density at radius 1 is 1.45 bits per heavy atom. The fourth-order valence-corrected chi connectivity index (χ4v) is 3.67. The van der Waals surface area contributed by atoms with Crippen molar-refractivity contribution in [3.63, 3.8) is 0 Å². The van der Waals surface area contributed by atoms with Crippen molar-refractivity contribution in [3.05, 3.63) is 11.1 Å². The molecule has 6 nitrogen and oxygen atoms in total. The molecule has 0 amide bonds. The summed E-state index contributed by atoms with van der Waals surface area (Å²) >= 11 is 1.71. The number of thiazole rings is 1. The second-order valence-electron chi connectivity index (χ2n) is 5.27. The van der Waals surface area contributed by atoms with E-state index in [0.29, 0.717) is 6.54 Å². The summed E-state index contributed by atoms with van der Waals surface area (Å²) in [6.45, 7) is 5.66. The topological polar surface area (TPSA) is 65.9 Å². The zero-order valence-corrected chi connectivity index (χ0v) is 12.1. The molecule has 2 saturated heterocycles. The van der Waals surface area contributed by atoms with Crippen LogP contribution in [0.2, 0.25) is 0 Å². The van der Waals surface area contributed by atoms with Gasteiger partial charge >= 0.3 is 5.97 Å². The lowest BCUT2D eigenvalue weighted by atomic mass is 10.1. The number of morpholine rings is 1. The molecule has 0 aromatic carbocycles. The summed E-state index contributed by atoms with van der Waals surface area (Å²) in [5, 5.41) is 10.1. The van der Waals surface area contributed by atoms with Crippen LogP contribution >= 0.6 is 11.3 Å². The molecule has 0 saturated carbocycles. The van der Waals surface area contributed by atoms with Crippen molar-refractivity contribution in [2.24, 2.45) is 5.92 Å². The van der Waals surface area contributed by atoms with E-state index in [1.807, 2.05) is 6.20 Å². The zero-order valence-electron chi connectivity index (χ0n) is 11.3. The lowest BCUT2D eigenvalue weighted by Crippen LogP contribution is -2.36. The maximum atomic E-state index is 11.0. The number of aromatic nitrogens is 1. The summed E-state index contributed by atoms with van der Waals surface area (Å²) in [6, 6.07) is 0. The smallest absolute Gasteiger partial charge is 0.307 e. The van der Waals surface area contributed by atoms with Gasteiger partial charge in [0.15, 0.2) is 5.13 Å². The molecule has 0 unspecified atom stereocenters. The second-order valence-corrected chi connectivity index (χ2v) is 6.36. The maximum absolute atomic E-state index is 11.0. The summed E-state index contributed by atoms with van der Waals surface area (Å²) in [5.74, 6) is -0.882. The monoisotopic (exact) mass is 297 g/mol. The number of hydrogen-bond acceptors (Lipinski definition) is 6. The number of rotatable bonds is 4. The number of likely N-dealkylation sites (tertiary alicyclic amines) is 1. The normalized spacial score (nSPS) is 24.2. The van der Waals surface area contributed by atoms with Crippen LogP contribution in [-0.4, -0.2) is 60.4 Å². The predicted molar refractivity (Wildman–Crippen MR) is 76.2 cm³/mol. The van der Waals surface area contributed by atoms with Crippen molar-refractivity contribution >= 4 is 22.4 Å². The third-order valence-electron chi connectivity index (χ3n) is 3.82. The molecule has 0 aliphatic carbocycles. The van der Waals surface area contributed by atoms with Crippen LogP contribution in [0.5, 0.6) is 0 Å². The van der Waals surface area contributed by atoms with Crippen molar-refractivity contribution in [2.75, 3.05) is 44.3 Å². The highest BCUT2D eigenvalue weighted by Gasteiger charge is 2.28. The molecule has 110 valence electrons. The zero-order chi connectivity index (χ0) is 13.9. The van der Waals surface area contributed by atoms with Crippen molar-refractivity contribution in [3.8, 4) is 0 Å². The minimum Gasteiger partial charge on any atom is -0.481 e. The first-order valence-electron chi connectivity index (χ1n) is 6.95. The molecule has 1 aromatic rings. The molecular formula is C13H19N3O3S. The molecule has 3 rings (SSSR count). The number of carbonyl (C=O) groups is 1. The number of nitrogens with zero attached hydrogens (tertiary/aromatic N) is 3. The molecule has 20 heavy (non-hydrogen) atoms. The van der Waals surface area contributed by atoms with Gasteiger partial charge in [0, 0.05) is 37.3 Å². The Labute approximate surface area is 122 Å². The van der Waals surface area contributed by atoms with Crippen molar-refractivity contribution in [1.82, 2.24) is 9.88 Å². The molecule has 0 bridgehead atoms. The molecular weight excluding hydrogens is 278 g/mol. The van der Waals surface area contributed by atoms with Gasteiger partial charge in [-0.2, -0.15) is 0 Å². The van der Waals surface area contributed by atoms with Gasteiger partial charge in [-0.15, -0.1) is 11.3 Å². The first-order chi connectivity index (χ1) is 9.72. The Bertz CT molecular complexity index is 473. The molecule has 2 aliphatic rings. The fraction of sp³-hybridized carbons (Fsp3) is 0.692. The molecule has 1 aromatic heterocycles. The lowest BCUT2D eigenvalue weighted by Gasteiger charge is -2.26. The minimum atomic E-state index is -0.675. The van der Waals surface area contributed by atoms with E-state index in [2.05, 4.69) is 14.8 Å². The highest BCUT2D eigenvalue weighted by molar-refractivity contribution is 7.15. The molecule has 3 heterocycles. The summed E-state index contributed by atoms with van der Waals surface area (Å²) in [7, 11) is 0. The van der Waals surface area contributed by atoms with E-state index in [9.17, 15) is 4.79 Å². The Kier molecular flexibility index (Phi) is 4.18. The molecule has 2 aliphatic heterocycles. The molecule has 1 atom stereocenters. The van der Waals surface area contributed by atoms with Crippen LogP contribution < -0.4 is 4.90 Å². The highest BCUT2D eigenvalue weighted by atomic mass is 32.1. The predicted octanol–water partition coefficient (Wildman–Crippen LogP) is 0.886. The Morgan fingerprint density at radius 3 is 2.95 bits per heavy atom. The third-order valence-corrected chi connectivity index (χ3v) is 4.87. The highest BCUT2D eigenvalue weighted by Crippen LogP contribution is 2.26. The number of ether oxygens (including phenoxy) is 1. The van der Waals surface area contributed by atoms with Gasteiger partial charge < -0.3 is 14.7 Å². The summed E-state index contributed by atoms with van der Waals surface area (Å²) in [4.78, 5) is 21.1. The van der Waals surface area contributed by atoms with Gasteiger partial charge in [0.2, 0.25) is 0 Å². The second kappa shape index (κ2) is 6.07. The molecule has 7 heteroatoms. The van der Waals surface area contributed by atoms with E-state index in [0.717, 1.165) is 50.9 Å². The lowest BCUT2D eigenvalue weighted by molar-refractivity contribution is -0.141. The molecule has 1 N–H and O–H groups in total. The van der Waals surface area contributed by atoms with E-state index in [-0.39, 0.29) is 5.92 Å². The van der Waals surface area contributed by atoms with E-state index in [4.69, 9.17) is 9.84 Å². The minimum absolute atomic E-state index is 0.207. The van der Waals surface area contributed by atoms with Crippen LogP contribution in [0.25, 0.3) is 0 Å². The van der Waals surface area contributed by atoms with Crippen molar-refractivity contribution in [2.45, 2.75) is 13.0 Å². The van der Waals surface area contributed by atoms with E-state index in [1.54, 1.807) is 11.3 Å². The van der Waals surface area contributed by atoms with Gasteiger partial charge in [-0.1, -0.05) is 0 Å². The van der Waals surface area contributed by atoms with E-state index in [1.165, 1.54) is 4.88 Å². The van der Waals surface area contributed by atoms with Gasteiger partial charge in [0.05, 0.1) is 19.1 Å². The fourth-order valence-electron chi connectivity index (χ4n) is 2.67. The average Bonchev–Trinajstić information content (AvgIpc) is 3.10. The van der Waals surface area contributed by atoms with Crippen LogP contribution in [0.1, 0.15) is 11.3 Å². The number of carboxylic acids is 1. The van der Waals surface area contributed by atoms with Gasteiger partial charge in [-0.25, -0.2) is 4.98 Å². The maximum Gasteiger partial charge on any atom is 0.307 e. The van der Waals surface area contributed by atoms with Crippen LogP contribution in [0.3, 0.4) is 0 Å². The van der Waals surface area contributed by atoms with Gasteiger partial charge in [-0.3, -0.25) is 9.69 Å². The van der Waals surface area contributed by atoms with E-state index < -0.39 is 5.97 Å². The van der Waals surface area contributed by atoms with Crippen LogP contribution in [0.15, 0.2) is 6.20 Å². The Morgan fingerprint density at radius 2 is 2.25 bits per heavy atom. The number of aliphatic carboxylic acids is 1. The molecule has 0 radical (unpaired) electrons. The van der Waals surface area contributed by atoms with Crippen molar-refractivity contribution in [1.29, 1.82) is 0 Å². The van der Waals surface area contributed by atoms with Gasteiger partial charge in [-0.05, 0) is 13.0 Å². The largest absolute Gasteiger partial charge is 0.481 e. The summed E-state index contributed by atoms with van der Waals surface area (Å²) in [6.07, 6.45) is 2.67. The van der Waals surface area contributed by atoms with Crippen LogP contribution in [0.4, 0.5) is 5.13 Å². The van der Waals surface area contributed by atoms with Crippen LogP contribution in [0, 0.1) is 5.92 Å². The quantitative estimate of drug-likeness (QED) is 0.890. The summed E-state index contributed by atoms with van der Waals surface area (Å²) < 4.78 is 5.34. The van der Waals surface area contributed by atoms with E-state index >= 15 is 0 Å². The third kappa shape index (κ3) is 3.11. The first-order valence-corrected chi connectivity index (χ1v) is 7.76. The molecule has 0 spiro atoms. The molecule has 2 fully saturated rings. The van der Waals surface area contributed by atoms with Gasteiger partial charge in [0.1, 0.15) is 0 Å². The van der Waals surface area contributed by atoms with Crippen LogP contribution in [-0.2, 0) is 16.1 Å². The average molecular weight is 297 g/mol. The van der Waals surface area contributed by atoms with Gasteiger partial charge in [0.25, 0.3) is 0 Å². The Hall–Kier alpha value is -1.18. The van der Waals surface area contributed by atoms with Crippen molar-refractivity contribution < 1.29 is 14.6 Å². The standard InChI is InChI=1S/C13H19N3O3S/c17-12(18)10-1-2-15(8-10)9-11-7-14-13(20-11)16-3-5-19-6-4-16/h7,10H,1-6,8-9H2,(H,17,18)/t10-/m1/s1. The summed E-state index contributed by atoms with van der Waals surface area (Å²) in [5.41, 5.74) is 0. The first kappa shape index (κ1) is 13.8. The SMILES string of the molecule is O=C(O)[C@@H]1CCN(Cc2cnc(N3CCOCC3)s2)C1. The number of carboxylic acid groups (broad SMARTS) is 1. The number of hydrogen-bond donors (Lipinski definition) is 1.